The topological polar surface area (TPSA) is 52.8 Å². The van der Waals surface area contributed by atoms with Crippen molar-refractivity contribution in [3.05, 3.63) is 59.8 Å². The highest BCUT2D eigenvalue weighted by Gasteiger charge is 2.31. The second kappa shape index (κ2) is 7.12. The van der Waals surface area contributed by atoms with E-state index in [9.17, 15) is 4.79 Å². The average molecular weight is 408 g/mol. The van der Waals surface area contributed by atoms with Crippen LogP contribution in [0.25, 0.3) is 16.4 Å². The van der Waals surface area contributed by atoms with E-state index in [0.29, 0.717) is 20.5 Å². The van der Waals surface area contributed by atoms with Gasteiger partial charge in [-0.15, -0.1) is 0 Å². The first kappa shape index (κ1) is 18.6. The number of amides is 1. The lowest BCUT2D eigenvalue weighted by Gasteiger charge is -2.35. The van der Waals surface area contributed by atoms with E-state index in [-0.39, 0.29) is 11.7 Å². The molecule has 0 radical (unpaired) electrons. The third-order valence-electron chi connectivity index (χ3n) is 5.91. The van der Waals surface area contributed by atoms with Crippen LogP contribution in [0, 0.1) is 6.92 Å². The zero-order chi connectivity index (χ0) is 20.1. The highest BCUT2D eigenvalue weighted by atomic mass is 31.1. The van der Waals surface area contributed by atoms with Crippen LogP contribution in [0.4, 0.5) is 0 Å². The summed E-state index contributed by atoms with van der Waals surface area (Å²) in [6.45, 7) is 3.89. The molecule has 1 amide bonds. The molecule has 1 saturated heterocycles. The van der Waals surface area contributed by atoms with Gasteiger partial charge in [0.25, 0.3) is 5.91 Å². The third kappa shape index (κ3) is 3.41. The van der Waals surface area contributed by atoms with Crippen molar-refractivity contribution in [2.24, 2.45) is 0 Å². The van der Waals surface area contributed by atoms with Gasteiger partial charge in [0.05, 0.1) is 11.5 Å². The van der Waals surface area contributed by atoms with Gasteiger partial charge in [-0.2, -0.15) is 0 Å². The molecule has 0 saturated carbocycles. The Morgan fingerprint density at radius 2 is 2.17 bits per heavy atom. The van der Waals surface area contributed by atoms with Crippen molar-refractivity contribution in [2.75, 3.05) is 27.2 Å². The average Bonchev–Trinajstić information content (AvgIpc) is 3.33. The Morgan fingerprint density at radius 3 is 2.97 bits per heavy atom. The number of hydrogen-bond donors (Lipinski definition) is 0. The number of rotatable bonds is 3. The maximum atomic E-state index is 12.9. The number of oxazole rings is 1. The zero-order valence-corrected chi connectivity index (χ0v) is 17.9. The van der Waals surface area contributed by atoms with Crippen LogP contribution in [0.15, 0.2) is 52.7 Å². The summed E-state index contributed by atoms with van der Waals surface area (Å²) in [6.07, 6.45) is 9.34. The molecule has 4 heterocycles. The maximum absolute atomic E-state index is 12.9. The molecule has 1 fully saturated rings. The summed E-state index contributed by atoms with van der Waals surface area (Å²) in [7, 11) is 4.77. The van der Waals surface area contributed by atoms with Gasteiger partial charge in [-0.1, -0.05) is 20.7 Å². The molecule has 29 heavy (non-hydrogen) atoms. The molecule has 1 aromatic carbocycles. The molecule has 3 aliphatic heterocycles. The molecule has 7 heteroatoms. The van der Waals surface area contributed by atoms with E-state index in [4.69, 9.17) is 4.42 Å². The van der Waals surface area contributed by atoms with Gasteiger partial charge in [0.2, 0.25) is 0 Å². The number of fused-ring (bicyclic) bond motifs is 2. The molecule has 0 aliphatic carbocycles. The predicted molar refractivity (Wildman–Crippen MR) is 117 cm³/mol. The van der Waals surface area contributed by atoms with Crippen LogP contribution in [0.3, 0.4) is 0 Å². The van der Waals surface area contributed by atoms with Crippen molar-refractivity contribution in [2.45, 2.75) is 25.2 Å². The van der Waals surface area contributed by atoms with E-state index in [1.54, 1.807) is 6.08 Å². The van der Waals surface area contributed by atoms with Gasteiger partial charge in [-0.05, 0) is 49.6 Å². The SMILES string of the molecule is Cc1nc2ccc(C3=CC(=O)N4C=C(N5CC[C@H](N(C)C)C5)C=CC4P3)cc2o1. The predicted octanol–water partition coefficient (Wildman–Crippen LogP) is 3.37. The highest BCUT2D eigenvalue weighted by molar-refractivity contribution is 7.51. The van der Waals surface area contributed by atoms with Crippen LogP contribution in [-0.4, -0.2) is 64.6 Å². The molecule has 0 spiro atoms. The summed E-state index contributed by atoms with van der Waals surface area (Å²) in [6, 6.07) is 6.57. The number of carbonyl (C=O) groups is 1. The molecule has 150 valence electrons. The summed E-state index contributed by atoms with van der Waals surface area (Å²) in [5.41, 5.74) is 3.80. The van der Waals surface area contributed by atoms with Gasteiger partial charge >= 0.3 is 0 Å². The number of likely N-dealkylation sites (tertiary alicyclic amines) is 1. The molecular formula is C22H25N4O2P. The van der Waals surface area contributed by atoms with Gasteiger partial charge in [-0.3, -0.25) is 4.79 Å². The normalized spacial score (nSPS) is 25.2. The van der Waals surface area contributed by atoms with Crippen molar-refractivity contribution in [3.63, 3.8) is 0 Å². The van der Waals surface area contributed by atoms with E-state index in [1.165, 1.54) is 0 Å². The molecule has 6 nitrogen and oxygen atoms in total. The van der Waals surface area contributed by atoms with E-state index < -0.39 is 0 Å². The minimum absolute atomic E-state index is 0.0443. The Morgan fingerprint density at radius 1 is 1.31 bits per heavy atom. The van der Waals surface area contributed by atoms with Gasteiger partial charge < -0.3 is 19.1 Å². The Bertz CT molecular complexity index is 1070. The lowest BCUT2D eigenvalue weighted by molar-refractivity contribution is -0.123. The standard InChI is InChI=1S/C22H25N4O2P/c1-14-23-18-6-4-15(10-19(18)28-14)20-11-21(27)26-13-17(5-7-22(26)29-20)25-9-8-16(12-25)24(2)3/h4-7,10-11,13,16,22,29H,8-9,12H2,1-3H3/t16-,22?/m0/s1. The number of benzene rings is 1. The van der Waals surface area contributed by atoms with Crippen LogP contribution in [-0.2, 0) is 4.79 Å². The van der Waals surface area contributed by atoms with Crippen LogP contribution in [0.2, 0.25) is 0 Å². The Balaban J connectivity index is 1.38. The van der Waals surface area contributed by atoms with Crippen LogP contribution in [0.5, 0.6) is 0 Å². The minimum atomic E-state index is 0.0443. The first-order chi connectivity index (χ1) is 14.0. The van der Waals surface area contributed by atoms with E-state index in [1.807, 2.05) is 36.2 Å². The molecule has 3 aliphatic rings. The van der Waals surface area contributed by atoms with Gasteiger partial charge in [0.15, 0.2) is 11.5 Å². The molecule has 0 N–H and O–H groups in total. The monoisotopic (exact) mass is 408 g/mol. The maximum Gasteiger partial charge on any atom is 0.252 e. The lowest BCUT2D eigenvalue weighted by atomic mass is 10.1. The first-order valence-electron chi connectivity index (χ1n) is 9.97. The van der Waals surface area contributed by atoms with Crippen LogP contribution >= 0.6 is 8.58 Å². The van der Waals surface area contributed by atoms with E-state index >= 15 is 0 Å². The number of nitrogens with zero attached hydrogens (tertiary/aromatic N) is 4. The van der Waals surface area contributed by atoms with Gasteiger partial charge in [-0.25, -0.2) is 4.98 Å². The van der Waals surface area contributed by atoms with Crippen molar-refractivity contribution in [3.8, 4) is 0 Å². The number of hydrogen-bond acceptors (Lipinski definition) is 5. The Kier molecular flexibility index (Phi) is 4.56. The second-order valence-electron chi connectivity index (χ2n) is 8.07. The molecule has 2 unspecified atom stereocenters. The summed E-state index contributed by atoms with van der Waals surface area (Å²) in [5.74, 6) is 0.791. The second-order valence-corrected chi connectivity index (χ2v) is 9.49. The molecule has 5 rings (SSSR count). The lowest BCUT2D eigenvalue weighted by Crippen LogP contribution is -2.38. The number of aromatic nitrogens is 1. The summed E-state index contributed by atoms with van der Waals surface area (Å²) in [4.78, 5) is 23.8. The first-order valence-corrected chi connectivity index (χ1v) is 11.1. The quantitative estimate of drug-likeness (QED) is 0.729. The van der Waals surface area contributed by atoms with Gasteiger partial charge in [0.1, 0.15) is 5.52 Å². The molecule has 0 bridgehead atoms. The molecular weight excluding hydrogens is 383 g/mol. The fourth-order valence-electron chi connectivity index (χ4n) is 4.22. The number of aryl methyl sites for hydroxylation is 1. The summed E-state index contributed by atoms with van der Waals surface area (Å²) in [5, 5.41) is 1.07. The summed E-state index contributed by atoms with van der Waals surface area (Å²) >= 11 is 0. The smallest absolute Gasteiger partial charge is 0.252 e. The zero-order valence-electron chi connectivity index (χ0n) is 16.9. The fraction of sp³-hybridized carbons (Fsp3) is 0.364. The van der Waals surface area contributed by atoms with Crippen molar-refractivity contribution < 1.29 is 9.21 Å². The number of allylic oxidation sites excluding steroid dienone is 1. The minimum Gasteiger partial charge on any atom is -0.441 e. The highest BCUT2D eigenvalue weighted by Crippen LogP contribution is 2.45. The summed E-state index contributed by atoms with van der Waals surface area (Å²) < 4.78 is 5.67. The van der Waals surface area contributed by atoms with E-state index in [2.05, 4.69) is 41.0 Å². The number of likely N-dealkylation sites (N-methyl/N-ethyl adjacent to an activating group) is 1. The van der Waals surface area contributed by atoms with E-state index in [0.717, 1.165) is 47.2 Å². The molecule has 3 atom stereocenters. The number of carbonyl (C=O) groups excluding carboxylic acids is 1. The largest absolute Gasteiger partial charge is 0.441 e. The van der Waals surface area contributed by atoms with Crippen molar-refractivity contribution in [1.29, 1.82) is 0 Å². The Labute approximate surface area is 172 Å². The van der Waals surface area contributed by atoms with Crippen molar-refractivity contribution in [1.82, 2.24) is 19.7 Å². The van der Waals surface area contributed by atoms with Crippen LogP contribution in [0.1, 0.15) is 17.9 Å². The van der Waals surface area contributed by atoms with Crippen LogP contribution < -0.4 is 0 Å². The third-order valence-corrected chi connectivity index (χ3v) is 7.42. The fourth-order valence-corrected chi connectivity index (χ4v) is 5.61. The van der Waals surface area contributed by atoms with Crippen molar-refractivity contribution >= 4 is 30.9 Å². The molecule has 2 aromatic rings. The molecule has 1 aromatic heterocycles. The van der Waals surface area contributed by atoms with Gasteiger partial charge in [0, 0.05) is 38.3 Å². The Hall–Kier alpha value is -2.43.